The van der Waals surface area contributed by atoms with Crippen molar-refractivity contribution in [3.8, 4) is 0 Å². The molecule has 2 fully saturated rings. The molecule has 6 nitrogen and oxygen atoms in total. The Bertz CT molecular complexity index is 481. The van der Waals surface area contributed by atoms with Crippen LogP contribution in [0, 0.1) is 17.3 Å². The highest BCUT2D eigenvalue weighted by molar-refractivity contribution is 7.99. The lowest BCUT2D eigenvalue weighted by molar-refractivity contribution is -0.135. The van der Waals surface area contributed by atoms with E-state index in [0.717, 1.165) is 12.2 Å². The van der Waals surface area contributed by atoms with Crippen LogP contribution < -0.4 is 16.4 Å². The molecular weight excluding hydrogens is 302 g/mol. The SMILES string of the molecule is CNCC(=O)N[C@H]1CCSC2CC(C)(C)[C@@H](C(N)=O)C2C1=O. The average molecular weight is 327 g/mol. The predicted molar refractivity (Wildman–Crippen MR) is 86.3 cm³/mol. The first-order valence-electron chi connectivity index (χ1n) is 7.66. The lowest BCUT2D eigenvalue weighted by Gasteiger charge is -2.28. The van der Waals surface area contributed by atoms with Crippen molar-refractivity contribution in [3.63, 3.8) is 0 Å². The molecule has 4 N–H and O–H groups in total. The van der Waals surface area contributed by atoms with E-state index in [9.17, 15) is 14.4 Å². The van der Waals surface area contributed by atoms with Crippen LogP contribution in [0.1, 0.15) is 26.7 Å². The summed E-state index contributed by atoms with van der Waals surface area (Å²) in [6, 6.07) is -0.515. The van der Waals surface area contributed by atoms with Crippen molar-refractivity contribution in [2.75, 3.05) is 19.3 Å². The lowest BCUT2D eigenvalue weighted by atomic mass is 9.76. The van der Waals surface area contributed by atoms with Gasteiger partial charge >= 0.3 is 0 Å². The Balaban J connectivity index is 2.22. The van der Waals surface area contributed by atoms with E-state index in [4.69, 9.17) is 5.73 Å². The minimum Gasteiger partial charge on any atom is -0.369 e. The van der Waals surface area contributed by atoms with Crippen LogP contribution in [0.3, 0.4) is 0 Å². The number of nitrogens with two attached hydrogens (primary N) is 1. The third kappa shape index (κ3) is 3.30. The van der Waals surface area contributed by atoms with Gasteiger partial charge < -0.3 is 16.4 Å². The number of fused-ring (bicyclic) bond motifs is 1. The molecule has 1 saturated carbocycles. The molecule has 1 heterocycles. The zero-order valence-electron chi connectivity index (χ0n) is 13.3. The second-order valence-electron chi connectivity index (χ2n) is 6.85. The normalized spacial score (nSPS) is 33.9. The Morgan fingerprint density at radius 3 is 2.68 bits per heavy atom. The Hall–Kier alpha value is -1.08. The maximum atomic E-state index is 12.9. The largest absolute Gasteiger partial charge is 0.369 e. The summed E-state index contributed by atoms with van der Waals surface area (Å²) in [4.78, 5) is 36.6. The molecule has 0 aromatic carbocycles. The molecule has 0 aromatic heterocycles. The summed E-state index contributed by atoms with van der Waals surface area (Å²) in [7, 11) is 1.68. The molecule has 1 saturated heterocycles. The number of Topliss-reactive ketones (excluding diaryl/α,β-unsaturated/α-hetero) is 1. The fraction of sp³-hybridized carbons (Fsp3) is 0.800. The molecule has 0 radical (unpaired) electrons. The molecule has 0 aromatic rings. The third-order valence-corrected chi connectivity index (χ3v) is 6.08. The molecule has 2 amide bonds. The van der Waals surface area contributed by atoms with Gasteiger partial charge in [0.1, 0.15) is 0 Å². The second-order valence-corrected chi connectivity index (χ2v) is 8.20. The maximum Gasteiger partial charge on any atom is 0.234 e. The highest BCUT2D eigenvalue weighted by atomic mass is 32.2. The van der Waals surface area contributed by atoms with Crippen LogP contribution in [0.2, 0.25) is 0 Å². The quantitative estimate of drug-likeness (QED) is 0.670. The first-order chi connectivity index (χ1) is 10.3. The van der Waals surface area contributed by atoms with E-state index in [2.05, 4.69) is 10.6 Å². The van der Waals surface area contributed by atoms with Crippen molar-refractivity contribution < 1.29 is 14.4 Å². The van der Waals surface area contributed by atoms with Gasteiger partial charge in [0.2, 0.25) is 11.8 Å². The first-order valence-corrected chi connectivity index (χ1v) is 8.71. The molecular formula is C15H25N3O3S. The molecule has 7 heteroatoms. The van der Waals surface area contributed by atoms with Crippen molar-refractivity contribution in [1.82, 2.24) is 10.6 Å². The van der Waals surface area contributed by atoms with E-state index >= 15 is 0 Å². The zero-order valence-corrected chi connectivity index (χ0v) is 14.2. The maximum absolute atomic E-state index is 12.9. The lowest BCUT2D eigenvalue weighted by Crippen LogP contribution is -2.49. The summed E-state index contributed by atoms with van der Waals surface area (Å²) in [5.41, 5.74) is 5.31. The fourth-order valence-corrected chi connectivity index (χ4v) is 5.53. The number of amides is 2. The number of thioether (sulfide) groups is 1. The standard InChI is InChI=1S/C15H25N3O3S/c1-15(2)6-9-11(12(15)14(16)21)13(20)8(4-5-22-9)18-10(19)7-17-3/h8-9,11-12,17H,4-7H2,1-3H3,(H2,16,21)(H,18,19)/t8-,9?,11?,12+/m0/s1. The summed E-state index contributed by atoms with van der Waals surface area (Å²) >= 11 is 1.73. The number of nitrogens with one attached hydrogen (secondary N) is 2. The van der Waals surface area contributed by atoms with Crippen LogP contribution in [0.4, 0.5) is 0 Å². The van der Waals surface area contributed by atoms with Gasteiger partial charge in [-0.1, -0.05) is 13.8 Å². The average Bonchev–Trinajstić information content (AvgIpc) is 2.60. The highest BCUT2D eigenvalue weighted by Crippen LogP contribution is 2.52. The second kappa shape index (κ2) is 6.58. The zero-order chi connectivity index (χ0) is 16.5. The van der Waals surface area contributed by atoms with E-state index in [1.54, 1.807) is 18.8 Å². The van der Waals surface area contributed by atoms with Crippen molar-refractivity contribution >= 4 is 29.4 Å². The molecule has 22 heavy (non-hydrogen) atoms. The Morgan fingerprint density at radius 1 is 1.41 bits per heavy atom. The van der Waals surface area contributed by atoms with Gasteiger partial charge in [0.15, 0.2) is 5.78 Å². The smallest absolute Gasteiger partial charge is 0.234 e. The van der Waals surface area contributed by atoms with E-state index in [1.165, 1.54) is 0 Å². The Labute approximate surface area is 135 Å². The summed E-state index contributed by atoms with van der Waals surface area (Å²) in [5, 5.41) is 5.68. The molecule has 2 rings (SSSR count). The monoisotopic (exact) mass is 327 g/mol. The number of carbonyl (C=O) groups is 3. The van der Waals surface area contributed by atoms with Gasteiger partial charge in [-0.15, -0.1) is 0 Å². The number of rotatable bonds is 4. The molecule has 0 spiro atoms. The van der Waals surface area contributed by atoms with Crippen LogP contribution >= 0.6 is 11.8 Å². The van der Waals surface area contributed by atoms with Gasteiger partial charge in [-0.25, -0.2) is 0 Å². The molecule has 1 aliphatic carbocycles. The number of likely N-dealkylation sites (N-methyl/N-ethyl adjacent to an activating group) is 1. The van der Waals surface area contributed by atoms with Crippen LogP contribution in [0.15, 0.2) is 0 Å². The number of hydrogen-bond acceptors (Lipinski definition) is 5. The number of carbonyl (C=O) groups excluding carboxylic acids is 3. The van der Waals surface area contributed by atoms with Crippen molar-refractivity contribution in [2.24, 2.45) is 23.0 Å². The van der Waals surface area contributed by atoms with E-state index in [-0.39, 0.29) is 34.8 Å². The molecule has 2 unspecified atom stereocenters. The molecule has 2 aliphatic rings. The van der Waals surface area contributed by atoms with Gasteiger partial charge in [-0.2, -0.15) is 11.8 Å². The van der Waals surface area contributed by atoms with Gasteiger partial charge in [-0.3, -0.25) is 14.4 Å². The van der Waals surface area contributed by atoms with E-state index < -0.39 is 17.9 Å². The Kier molecular flexibility index (Phi) is 5.17. The molecule has 0 bridgehead atoms. The van der Waals surface area contributed by atoms with Gasteiger partial charge in [-0.05, 0) is 31.1 Å². The van der Waals surface area contributed by atoms with Crippen LogP contribution in [0.25, 0.3) is 0 Å². The minimum atomic E-state index is -0.515. The topological polar surface area (TPSA) is 101 Å². The molecule has 4 atom stereocenters. The number of primary amides is 1. The third-order valence-electron chi connectivity index (χ3n) is 4.72. The van der Waals surface area contributed by atoms with Gasteiger partial charge in [0.25, 0.3) is 0 Å². The first kappa shape index (κ1) is 17.3. The summed E-state index contributed by atoms with van der Waals surface area (Å²) < 4.78 is 0. The summed E-state index contributed by atoms with van der Waals surface area (Å²) in [6.45, 7) is 4.18. The van der Waals surface area contributed by atoms with Crippen molar-refractivity contribution in [2.45, 2.75) is 38.0 Å². The Morgan fingerprint density at radius 2 is 2.09 bits per heavy atom. The van der Waals surface area contributed by atoms with Crippen molar-refractivity contribution in [3.05, 3.63) is 0 Å². The predicted octanol–water partition coefficient (Wildman–Crippen LogP) is -0.0872. The molecule has 124 valence electrons. The van der Waals surface area contributed by atoms with Crippen LogP contribution in [0.5, 0.6) is 0 Å². The highest BCUT2D eigenvalue weighted by Gasteiger charge is 2.55. The van der Waals surface area contributed by atoms with E-state index in [0.29, 0.717) is 6.42 Å². The number of hydrogen-bond donors (Lipinski definition) is 3. The summed E-state index contributed by atoms with van der Waals surface area (Å²) in [5.74, 6) is -0.683. The summed E-state index contributed by atoms with van der Waals surface area (Å²) in [6.07, 6.45) is 1.41. The van der Waals surface area contributed by atoms with Crippen molar-refractivity contribution in [1.29, 1.82) is 0 Å². The van der Waals surface area contributed by atoms with E-state index in [1.807, 2.05) is 13.8 Å². The van der Waals surface area contributed by atoms with Crippen LogP contribution in [-0.2, 0) is 14.4 Å². The van der Waals surface area contributed by atoms with Crippen LogP contribution in [-0.4, -0.2) is 48.2 Å². The van der Waals surface area contributed by atoms with Gasteiger partial charge in [0.05, 0.1) is 18.5 Å². The fourth-order valence-electron chi connectivity index (χ4n) is 3.81. The minimum absolute atomic E-state index is 0.0335. The van der Waals surface area contributed by atoms with Gasteiger partial charge in [0, 0.05) is 11.2 Å². The number of ketones is 1. The molecule has 1 aliphatic heterocycles.